The van der Waals surface area contributed by atoms with Gasteiger partial charge in [0.15, 0.2) is 0 Å². The maximum Gasteiger partial charge on any atom is 0.241 e. The zero-order chi connectivity index (χ0) is 26.5. The highest BCUT2D eigenvalue weighted by Gasteiger charge is 2.25. The normalized spacial score (nSPS) is 16.6. The van der Waals surface area contributed by atoms with Gasteiger partial charge in [-0.3, -0.25) is 14.7 Å². The molecule has 3 heterocycles. The van der Waals surface area contributed by atoms with Gasteiger partial charge in [-0.25, -0.2) is 9.97 Å². The van der Waals surface area contributed by atoms with E-state index < -0.39 is 0 Å². The third kappa shape index (κ3) is 5.92. The van der Waals surface area contributed by atoms with Gasteiger partial charge in [0.1, 0.15) is 5.70 Å². The maximum atomic E-state index is 13.1. The third-order valence-electron chi connectivity index (χ3n) is 6.43. The number of anilines is 2. The number of allylic oxidation sites excluding steroid dienone is 1. The number of aliphatic imine (C=N–C) groups is 1. The van der Waals surface area contributed by atoms with Crippen LogP contribution in [0.2, 0.25) is 0 Å². The second-order valence-electron chi connectivity index (χ2n) is 8.82. The van der Waals surface area contributed by atoms with Crippen LogP contribution in [0, 0.1) is 0 Å². The first-order valence-corrected chi connectivity index (χ1v) is 12.7. The molecule has 1 fully saturated rings. The number of H-pyrrole nitrogens is 1. The number of ether oxygens (including phenoxy) is 1. The first-order chi connectivity index (χ1) is 17.8. The van der Waals surface area contributed by atoms with E-state index in [1.54, 1.807) is 13.2 Å². The highest BCUT2D eigenvalue weighted by molar-refractivity contribution is 9.10. The van der Waals surface area contributed by atoms with Crippen LogP contribution in [-0.4, -0.2) is 90.3 Å². The number of aromatic nitrogens is 3. The Hall–Kier alpha value is -3.48. The lowest BCUT2D eigenvalue weighted by atomic mass is 10.1. The summed E-state index contributed by atoms with van der Waals surface area (Å²) in [5.41, 5.74) is 9.41. The summed E-state index contributed by atoms with van der Waals surface area (Å²) in [7, 11) is 5.21. The number of nitrogens with zero attached hydrogens (tertiary/aromatic N) is 5. The number of aromatic amines is 1. The van der Waals surface area contributed by atoms with Gasteiger partial charge in [0.25, 0.3) is 0 Å². The molecule has 11 nitrogen and oxygen atoms in total. The van der Waals surface area contributed by atoms with E-state index in [1.165, 1.54) is 13.3 Å². The zero-order valence-corrected chi connectivity index (χ0v) is 23.0. The SMILES string of the molecule is CN=CC(Nc1ncc(Br)c(-c2c[nH]c3c(NC(=O)[C@@H](C)N4CCN(C)CC4)cccc23)n1)=C(N)OC. The molecule has 0 unspecified atom stereocenters. The fourth-order valence-corrected chi connectivity index (χ4v) is 4.60. The highest BCUT2D eigenvalue weighted by atomic mass is 79.9. The molecule has 1 saturated heterocycles. The van der Waals surface area contributed by atoms with E-state index in [1.807, 2.05) is 31.3 Å². The molecule has 37 heavy (non-hydrogen) atoms. The zero-order valence-electron chi connectivity index (χ0n) is 21.4. The summed E-state index contributed by atoms with van der Waals surface area (Å²) in [6, 6.07) is 5.58. The summed E-state index contributed by atoms with van der Waals surface area (Å²) in [6.45, 7) is 5.61. The van der Waals surface area contributed by atoms with Gasteiger partial charge >= 0.3 is 0 Å². The van der Waals surface area contributed by atoms with Gasteiger partial charge in [0.05, 0.1) is 34.5 Å². The van der Waals surface area contributed by atoms with Crippen molar-refractivity contribution in [2.45, 2.75) is 13.0 Å². The Balaban J connectivity index is 1.61. The molecule has 12 heteroatoms. The lowest BCUT2D eigenvalue weighted by Gasteiger charge is -2.35. The average Bonchev–Trinajstić information content (AvgIpc) is 3.34. The van der Waals surface area contributed by atoms with E-state index in [4.69, 9.17) is 15.5 Å². The van der Waals surface area contributed by atoms with E-state index >= 15 is 0 Å². The van der Waals surface area contributed by atoms with Crippen LogP contribution in [0.5, 0.6) is 0 Å². The molecule has 4 rings (SSSR count). The van der Waals surface area contributed by atoms with Gasteiger partial charge in [-0.1, -0.05) is 12.1 Å². The van der Waals surface area contributed by atoms with Crippen LogP contribution >= 0.6 is 15.9 Å². The van der Waals surface area contributed by atoms with Crippen molar-refractivity contribution in [3.05, 3.63) is 46.6 Å². The Kier molecular flexibility index (Phi) is 8.41. The molecule has 1 aliphatic rings. The maximum absolute atomic E-state index is 13.1. The summed E-state index contributed by atoms with van der Waals surface area (Å²) in [6.07, 6.45) is 5.07. The highest BCUT2D eigenvalue weighted by Crippen LogP contribution is 2.35. The Morgan fingerprint density at radius 1 is 1.30 bits per heavy atom. The van der Waals surface area contributed by atoms with Crippen molar-refractivity contribution in [2.75, 3.05) is 58.0 Å². The molecule has 1 atom stereocenters. The molecule has 3 aromatic rings. The minimum Gasteiger partial charge on any atom is -0.481 e. The van der Waals surface area contributed by atoms with Crippen LogP contribution in [0.25, 0.3) is 22.2 Å². The second kappa shape index (κ2) is 11.7. The number of fused-ring (bicyclic) bond motifs is 1. The van der Waals surface area contributed by atoms with Gasteiger partial charge in [-0.2, -0.15) is 0 Å². The fraction of sp³-hybridized carbons (Fsp3) is 0.360. The van der Waals surface area contributed by atoms with Crippen LogP contribution in [-0.2, 0) is 9.53 Å². The molecule has 1 aromatic carbocycles. The largest absolute Gasteiger partial charge is 0.481 e. The van der Waals surface area contributed by atoms with Crippen molar-refractivity contribution in [1.29, 1.82) is 0 Å². The molecule has 0 saturated carbocycles. The Labute approximate surface area is 224 Å². The van der Waals surface area contributed by atoms with Crippen molar-refractivity contribution in [3.63, 3.8) is 0 Å². The average molecular weight is 570 g/mol. The van der Waals surface area contributed by atoms with Crippen LogP contribution in [0.3, 0.4) is 0 Å². The fourth-order valence-electron chi connectivity index (χ4n) is 4.20. The molecule has 1 aliphatic heterocycles. The van der Waals surface area contributed by atoms with Crippen molar-refractivity contribution in [2.24, 2.45) is 10.7 Å². The number of halogens is 1. The summed E-state index contributed by atoms with van der Waals surface area (Å²) >= 11 is 3.57. The van der Waals surface area contributed by atoms with Crippen molar-refractivity contribution >= 4 is 50.6 Å². The van der Waals surface area contributed by atoms with Gasteiger partial charge < -0.3 is 31.0 Å². The van der Waals surface area contributed by atoms with Crippen LogP contribution in [0.1, 0.15) is 6.92 Å². The van der Waals surface area contributed by atoms with E-state index in [2.05, 4.69) is 58.4 Å². The lowest BCUT2D eigenvalue weighted by Crippen LogP contribution is -2.51. The van der Waals surface area contributed by atoms with E-state index in [9.17, 15) is 4.79 Å². The van der Waals surface area contributed by atoms with Gasteiger partial charge in [-0.15, -0.1) is 0 Å². The predicted molar refractivity (Wildman–Crippen MR) is 150 cm³/mol. The number of likely N-dealkylation sites (N-methyl/N-ethyl adjacent to an activating group) is 1. The summed E-state index contributed by atoms with van der Waals surface area (Å²) in [4.78, 5) is 33.9. The molecule has 2 aromatic heterocycles. The summed E-state index contributed by atoms with van der Waals surface area (Å²) < 4.78 is 5.83. The number of amides is 1. The number of methoxy groups -OCH3 is 1. The summed E-state index contributed by atoms with van der Waals surface area (Å²) in [5.74, 6) is 0.459. The first-order valence-electron chi connectivity index (χ1n) is 11.9. The number of nitrogens with one attached hydrogen (secondary N) is 3. The van der Waals surface area contributed by atoms with Crippen LogP contribution < -0.4 is 16.4 Å². The summed E-state index contributed by atoms with van der Waals surface area (Å²) in [5, 5.41) is 7.08. The topological polar surface area (TPSA) is 137 Å². The molecule has 0 bridgehead atoms. The van der Waals surface area contributed by atoms with Gasteiger partial charge in [0.2, 0.25) is 17.7 Å². The molecule has 1 amide bonds. The molecule has 196 valence electrons. The van der Waals surface area contributed by atoms with Crippen molar-refractivity contribution in [3.8, 4) is 11.3 Å². The van der Waals surface area contributed by atoms with Gasteiger partial charge in [0, 0.05) is 62.8 Å². The Morgan fingerprint density at radius 3 is 2.76 bits per heavy atom. The minimum absolute atomic E-state index is 0.0319. The van der Waals surface area contributed by atoms with Crippen LogP contribution in [0.4, 0.5) is 11.6 Å². The number of hydrogen-bond acceptors (Lipinski definition) is 9. The standard InChI is InChI=1S/C25H32BrN9O2/c1-15(35-10-8-34(3)9-11-35)24(36)31-19-7-5-6-16-17(12-29-22(16)19)21-18(26)13-30-25(33-21)32-20(14-28-2)23(27)37-4/h5-7,12-15,29H,8-11,27H2,1-4H3,(H,31,36)(H,30,32,33)/t15-/m1/s1. The molecular weight excluding hydrogens is 538 g/mol. The molecule has 0 spiro atoms. The minimum atomic E-state index is -0.225. The number of hydrogen-bond donors (Lipinski definition) is 4. The molecule has 5 N–H and O–H groups in total. The number of carbonyl (C=O) groups is 1. The molecule has 0 radical (unpaired) electrons. The molecular formula is C25H32BrN9O2. The Morgan fingerprint density at radius 2 is 2.05 bits per heavy atom. The third-order valence-corrected chi connectivity index (χ3v) is 7.01. The number of piperazine rings is 1. The number of rotatable bonds is 8. The van der Waals surface area contributed by atoms with Crippen molar-refractivity contribution in [1.82, 2.24) is 24.8 Å². The lowest BCUT2D eigenvalue weighted by molar-refractivity contribution is -0.121. The number of carbonyl (C=O) groups excluding carboxylic acids is 1. The second-order valence-corrected chi connectivity index (χ2v) is 9.67. The first kappa shape index (κ1) is 26.6. The quantitative estimate of drug-likeness (QED) is 0.240. The van der Waals surface area contributed by atoms with E-state index in [-0.39, 0.29) is 17.8 Å². The smallest absolute Gasteiger partial charge is 0.241 e. The monoisotopic (exact) mass is 569 g/mol. The Bertz CT molecular complexity index is 1330. The predicted octanol–water partition coefficient (Wildman–Crippen LogP) is 2.85. The van der Waals surface area contributed by atoms with Crippen molar-refractivity contribution < 1.29 is 9.53 Å². The molecule has 0 aliphatic carbocycles. The van der Waals surface area contributed by atoms with E-state index in [0.717, 1.165) is 48.3 Å². The number of para-hydroxylation sites is 1. The van der Waals surface area contributed by atoms with Crippen LogP contribution in [0.15, 0.2) is 51.6 Å². The number of benzene rings is 1. The van der Waals surface area contributed by atoms with Gasteiger partial charge in [-0.05, 0) is 36.0 Å². The number of nitrogens with two attached hydrogens (primary N) is 1. The van der Waals surface area contributed by atoms with E-state index in [0.29, 0.717) is 21.8 Å².